The fourth-order valence-electron chi connectivity index (χ4n) is 0.375. The molecular formula is CH2Cl2O5P2. The Balaban J connectivity index is 3.08. The Morgan fingerprint density at radius 2 is 1.50 bits per heavy atom. The van der Waals surface area contributed by atoms with E-state index in [9.17, 15) is 9.13 Å². The molecule has 1 saturated heterocycles. The van der Waals surface area contributed by atoms with Crippen LogP contribution in [0.2, 0.25) is 0 Å². The topological polar surface area (TPSA) is 83.8 Å². The van der Waals surface area contributed by atoms with Crippen LogP contribution in [0.1, 0.15) is 0 Å². The van der Waals surface area contributed by atoms with Crippen molar-refractivity contribution >= 4 is 38.4 Å². The predicted molar refractivity (Wildman–Crippen MR) is 35.2 cm³/mol. The highest BCUT2D eigenvalue weighted by Crippen LogP contribution is 2.92. The largest absolute Gasteiger partial charge is 0.383 e. The summed E-state index contributed by atoms with van der Waals surface area (Å²) in [7, 11) is -8.55. The summed E-state index contributed by atoms with van der Waals surface area (Å²) in [5.74, 6) is 0. The molecule has 0 saturated carbocycles. The van der Waals surface area contributed by atoms with Crippen molar-refractivity contribution in [2.75, 3.05) is 0 Å². The van der Waals surface area contributed by atoms with Crippen molar-refractivity contribution in [2.45, 2.75) is 3.82 Å². The van der Waals surface area contributed by atoms with Gasteiger partial charge in [0, 0.05) is 0 Å². The second-order valence-electron chi connectivity index (χ2n) is 1.63. The van der Waals surface area contributed by atoms with Gasteiger partial charge in [-0.15, -0.1) is 0 Å². The third-order valence-corrected chi connectivity index (χ3v) is 8.11. The molecule has 0 aromatic carbocycles. The number of alkyl halides is 2. The van der Waals surface area contributed by atoms with Crippen LogP contribution in [-0.2, 0) is 13.4 Å². The van der Waals surface area contributed by atoms with Gasteiger partial charge in [-0.2, -0.15) is 0 Å². The van der Waals surface area contributed by atoms with Gasteiger partial charge in [-0.25, -0.2) is 4.31 Å². The van der Waals surface area contributed by atoms with Gasteiger partial charge in [0.25, 0.3) is 0 Å². The predicted octanol–water partition coefficient (Wildman–Crippen LogP) is 1.48. The van der Waals surface area contributed by atoms with Crippen molar-refractivity contribution in [3.63, 3.8) is 0 Å². The van der Waals surface area contributed by atoms with E-state index in [-0.39, 0.29) is 0 Å². The van der Waals surface area contributed by atoms with E-state index in [2.05, 4.69) is 4.31 Å². The van der Waals surface area contributed by atoms with Crippen LogP contribution in [0.25, 0.3) is 0 Å². The van der Waals surface area contributed by atoms with Crippen LogP contribution in [0.4, 0.5) is 0 Å². The monoisotopic (exact) mass is 226 g/mol. The van der Waals surface area contributed by atoms with E-state index < -0.39 is 19.0 Å². The van der Waals surface area contributed by atoms with Gasteiger partial charge in [0.05, 0.1) is 0 Å². The van der Waals surface area contributed by atoms with Gasteiger partial charge >= 0.3 is 19.0 Å². The molecule has 10 heavy (non-hydrogen) atoms. The van der Waals surface area contributed by atoms with Crippen LogP contribution in [0.15, 0.2) is 0 Å². The zero-order chi connectivity index (χ0) is 8.21. The SMILES string of the molecule is O=P1(O)OP(=O)(O)C1(Cl)Cl. The van der Waals surface area contributed by atoms with Crippen LogP contribution in [0.3, 0.4) is 0 Å². The van der Waals surface area contributed by atoms with Gasteiger partial charge in [0.15, 0.2) is 0 Å². The van der Waals surface area contributed by atoms with E-state index in [1.165, 1.54) is 0 Å². The highest BCUT2D eigenvalue weighted by atomic mass is 35.5. The van der Waals surface area contributed by atoms with Crippen molar-refractivity contribution in [3.05, 3.63) is 0 Å². The molecule has 1 fully saturated rings. The van der Waals surface area contributed by atoms with Crippen molar-refractivity contribution in [3.8, 4) is 0 Å². The minimum absolute atomic E-state index is 2.54. The highest BCUT2D eigenvalue weighted by molar-refractivity contribution is 7.90. The number of hydrogen-bond donors (Lipinski definition) is 2. The third kappa shape index (κ3) is 0.901. The average molecular weight is 227 g/mol. The van der Waals surface area contributed by atoms with Crippen molar-refractivity contribution in [1.29, 1.82) is 0 Å². The molecule has 0 bridgehead atoms. The van der Waals surface area contributed by atoms with Gasteiger partial charge in [0.1, 0.15) is 0 Å². The van der Waals surface area contributed by atoms with Crippen LogP contribution < -0.4 is 0 Å². The van der Waals surface area contributed by atoms with E-state index >= 15 is 0 Å². The first kappa shape index (κ1) is 9.01. The molecule has 2 unspecified atom stereocenters. The molecule has 5 nitrogen and oxygen atoms in total. The fourth-order valence-corrected chi connectivity index (χ4v) is 4.49. The van der Waals surface area contributed by atoms with E-state index in [1.807, 2.05) is 0 Å². The lowest BCUT2D eigenvalue weighted by atomic mass is 11.8. The molecule has 0 spiro atoms. The number of rotatable bonds is 0. The van der Waals surface area contributed by atoms with Crippen LogP contribution in [0.5, 0.6) is 0 Å². The van der Waals surface area contributed by atoms with Crippen molar-refractivity contribution < 1.29 is 23.2 Å². The fraction of sp³-hybridized carbons (Fsp3) is 1.00. The zero-order valence-corrected chi connectivity index (χ0v) is 7.57. The average Bonchev–Trinajstić information content (AvgIpc) is 1.61. The Morgan fingerprint density at radius 1 is 1.20 bits per heavy atom. The highest BCUT2D eigenvalue weighted by Gasteiger charge is 2.74. The summed E-state index contributed by atoms with van der Waals surface area (Å²) in [5.41, 5.74) is 0. The summed E-state index contributed by atoms with van der Waals surface area (Å²) in [5, 5.41) is 0. The molecule has 0 aromatic rings. The normalized spacial score (nSPS) is 52.0. The molecule has 1 heterocycles. The molecule has 1 aliphatic rings. The Labute approximate surface area is 66.0 Å². The molecule has 60 valence electrons. The van der Waals surface area contributed by atoms with Gasteiger partial charge in [0.2, 0.25) is 0 Å². The maximum Gasteiger partial charge on any atom is 0.383 e. The third-order valence-electron chi connectivity index (χ3n) is 0.901. The molecule has 0 radical (unpaired) electrons. The van der Waals surface area contributed by atoms with E-state index in [4.69, 9.17) is 33.0 Å². The molecule has 1 rings (SSSR count). The lowest BCUT2D eigenvalue weighted by molar-refractivity contribution is 0.295. The van der Waals surface area contributed by atoms with Gasteiger partial charge in [-0.1, -0.05) is 23.2 Å². The maximum atomic E-state index is 10.5. The maximum absolute atomic E-state index is 10.5. The van der Waals surface area contributed by atoms with Gasteiger partial charge in [-0.3, -0.25) is 9.13 Å². The molecule has 1 aliphatic heterocycles. The summed E-state index contributed by atoms with van der Waals surface area (Å²) in [6.07, 6.45) is 0. The molecule has 0 amide bonds. The van der Waals surface area contributed by atoms with Crippen molar-refractivity contribution in [2.24, 2.45) is 0 Å². The smallest absolute Gasteiger partial charge is 0.321 e. The Bertz CT molecular complexity index is 234. The summed E-state index contributed by atoms with van der Waals surface area (Å²) in [6.45, 7) is 0. The lowest BCUT2D eigenvalue weighted by Crippen LogP contribution is -2.25. The van der Waals surface area contributed by atoms with E-state index in [0.29, 0.717) is 0 Å². The molecule has 0 aliphatic carbocycles. The number of halogens is 2. The minimum Gasteiger partial charge on any atom is -0.321 e. The standard InChI is InChI=1S/CH2Cl2O5P2/c2-1(3)9(4,5)8-10(1,6)7/h(H,4,5)(H,6,7). The Hall–Kier alpha value is 0.920. The molecule has 0 aromatic heterocycles. The molecule has 2 N–H and O–H groups in total. The summed E-state index contributed by atoms with van der Waals surface area (Å²) in [6, 6.07) is 0. The quantitative estimate of drug-likeness (QED) is 0.483. The summed E-state index contributed by atoms with van der Waals surface area (Å²) >= 11 is 10.0. The second-order valence-corrected chi connectivity index (χ2v) is 8.44. The van der Waals surface area contributed by atoms with Gasteiger partial charge < -0.3 is 9.79 Å². The Kier molecular flexibility index (Phi) is 1.79. The van der Waals surface area contributed by atoms with Crippen LogP contribution in [0, 0.1) is 0 Å². The van der Waals surface area contributed by atoms with E-state index in [1.54, 1.807) is 0 Å². The van der Waals surface area contributed by atoms with Crippen LogP contribution in [-0.4, -0.2) is 13.6 Å². The second kappa shape index (κ2) is 1.99. The first-order valence-corrected chi connectivity index (χ1v) is 5.87. The molecule has 2 atom stereocenters. The molecule has 9 heteroatoms. The first-order valence-electron chi connectivity index (χ1n) is 1.96. The van der Waals surface area contributed by atoms with Crippen LogP contribution >= 0.6 is 38.4 Å². The minimum atomic E-state index is -4.27. The molecular weight excluding hydrogens is 225 g/mol. The number of hydrogen-bond acceptors (Lipinski definition) is 3. The Morgan fingerprint density at radius 3 is 1.50 bits per heavy atom. The first-order chi connectivity index (χ1) is 4.21. The zero-order valence-electron chi connectivity index (χ0n) is 4.27. The lowest BCUT2D eigenvalue weighted by Gasteiger charge is -2.37. The van der Waals surface area contributed by atoms with E-state index in [0.717, 1.165) is 0 Å². The van der Waals surface area contributed by atoms with Crippen molar-refractivity contribution in [1.82, 2.24) is 0 Å². The van der Waals surface area contributed by atoms with Gasteiger partial charge in [-0.05, 0) is 0 Å². The summed E-state index contributed by atoms with van der Waals surface area (Å²) in [4.78, 5) is 17.0. The summed E-state index contributed by atoms with van der Waals surface area (Å²) < 4.78 is 22.1.